The normalized spacial score (nSPS) is 11.4. The number of phenols is 1. The first-order valence-electron chi connectivity index (χ1n) is 9.73. The Morgan fingerprint density at radius 2 is 1.69 bits per heavy atom. The van der Waals surface area contributed by atoms with Crippen molar-refractivity contribution >= 4 is 22.1 Å². The van der Waals surface area contributed by atoms with Crippen LogP contribution in [0.5, 0.6) is 5.75 Å². The highest BCUT2D eigenvalue weighted by Gasteiger charge is 2.16. The fourth-order valence-corrected chi connectivity index (χ4v) is 3.85. The fraction of sp³-hybridized carbons (Fsp3) is 0. The molecule has 3 N–H and O–H groups in total. The van der Waals surface area contributed by atoms with Gasteiger partial charge in [-0.1, -0.05) is 0 Å². The predicted octanol–water partition coefficient (Wildman–Crippen LogP) is 4.47. The highest BCUT2D eigenvalue weighted by atomic mass is 19.1. The maximum absolute atomic E-state index is 13.9. The zero-order valence-electron chi connectivity index (χ0n) is 16.4. The van der Waals surface area contributed by atoms with E-state index in [1.165, 1.54) is 18.5 Å². The third kappa shape index (κ3) is 2.95. The van der Waals surface area contributed by atoms with Crippen LogP contribution in [0.2, 0.25) is 0 Å². The zero-order chi connectivity index (χ0) is 21.7. The van der Waals surface area contributed by atoms with E-state index in [-0.39, 0.29) is 5.75 Å². The number of aromatic nitrogens is 7. The van der Waals surface area contributed by atoms with Crippen LogP contribution in [-0.2, 0) is 0 Å². The van der Waals surface area contributed by atoms with Crippen molar-refractivity contribution in [2.45, 2.75) is 0 Å². The first kappa shape index (κ1) is 18.1. The molecule has 0 amide bonds. The van der Waals surface area contributed by atoms with Gasteiger partial charge < -0.3 is 10.1 Å². The Hall–Kier alpha value is -4.66. The quantitative estimate of drug-likeness (QED) is 0.387. The maximum Gasteiger partial charge on any atom is 0.155 e. The van der Waals surface area contributed by atoms with Gasteiger partial charge in [0.1, 0.15) is 29.2 Å². The van der Waals surface area contributed by atoms with Crippen LogP contribution in [0, 0.1) is 5.82 Å². The molecule has 0 saturated heterocycles. The summed E-state index contributed by atoms with van der Waals surface area (Å²) in [7, 11) is 0. The van der Waals surface area contributed by atoms with E-state index in [9.17, 15) is 9.50 Å². The first-order valence-corrected chi connectivity index (χ1v) is 9.73. The minimum absolute atomic E-state index is 0.137. The van der Waals surface area contributed by atoms with Crippen molar-refractivity contribution in [2.24, 2.45) is 0 Å². The summed E-state index contributed by atoms with van der Waals surface area (Å²) in [6.07, 6.45) is 8.31. The summed E-state index contributed by atoms with van der Waals surface area (Å²) in [5, 5.41) is 18.8. The molecule has 0 fully saturated rings. The number of rotatable bonds is 3. The van der Waals surface area contributed by atoms with Crippen LogP contribution >= 0.6 is 0 Å². The SMILES string of the molecule is Oc1cc(F)cc(-c2ccnc3[nH]c(-c4n[nH]c5ncc(-c6cncnc6)cc45)cc23)c1. The van der Waals surface area contributed by atoms with Crippen molar-refractivity contribution in [3.8, 4) is 39.4 Å². The van der Waals surface area contributed by atoms with Crippen LogP contribution in [0.1, 0.15) is 0 Å². The van der Waals surface area contributed by atoms with Gasteiger partial charge in [-0.2, -0.15) is 5.10 Å². The lowest BCUT2D eigenvalue weighted by Crippen LogP contribution is -1.85. The molecule has 5 heterocycles. The number of halogens is 1. The van der Waals surface area contributed by atoms with Gasteiger partial charge in [0.25, 0.3) is 0 Å². The Morgan fingerprint density at radius 1 is 0.812 bits per heavy atom. The molecule has 8 nitrogen and oxygen atoms in total. The van der Waals surface area contributed by atoms with Crippen molar-refractivity contribution in [1.82, 2.24) is 35.1 Å². The highest BCUT2D eigenvalue weighted by Crippen LogP contribution is 2.35. The van der Waals surface area contributed by atoms with E-state index in [0.717, 1.165) is 39.2 Å². The minimum atomic E-state index is -0.512. The van der Waals surface area contributed by atoms with E-state index in [2.05, 4.69) is 35.1 Å². The summed E-state index contributed by atoms with van der Waals surface area (Å²) >= 11 is 0. The lowest BCUT2D eigenvalue weighted by Gasteiger charge is -2.04. The van der Waals surface area contributed by atoms with E-state index in [4.69, 9.17) is 0 Å². The molecule has 0 aliphatic heterocycles. The van der Waals surface area contributed by atoms with Crippen LogP contribution < -0.4 is 0 Å². The van der Waals surface area contributed by atoms with Gasteiger partial charge in [0.15, 0.2) is 5.65 Å². The van der Waals surface area contributed by atoms with Gasteiger partial charge in [-0.05, 0) is 41.5 Å². The molecular formula is C23H14FN7O. The van der Waals surface area contributed by atoms with Crippen LogP contribution in [-0.4, -0.2) is 40.2 Å². The number of H-pyrrole nitrogens is 2. The summed E-state index contributed by atoms with van der Waals surface area (Å²) < 4.78 is 13.9. The summed E-state index contributed by atoms with van der Waals surface area (Å²) in [5.74, 6) is -0.648. The van der Waals surface area contributed by atoms with Gasteiger partial charge in [-0.15, -0.1) is 0 Å². The van der Waals surface area contributed by atoms with Crippen LogP contribution in [0.25, 0.3) is 55.7 Å². The smallest absolute Gasteiger partial charge is 0.155 e. The Labute approximate surface area is 179 Å². The predicted molar refractivity (Wildman–Crippen MR) is 117 cm³/mol. The topological polar surface area (TPSA) is 116 Å². The minimum Gasteiger partial charge on any atom is -0.508 e. The Bertz CT molecular complexity index is 1590. The molecule has 0 radical (unpaired) electrons. The number of fused-ring (bicyclic) bond motifs is 2. The second kappa shape index (κ2) is 6.95. The number of hydrogen-bond acceptors (Lipinski definition) is 6. The third-order valence-corrected chi connectivity index (χ3v) is 5.29. The molecule has 0 atom stereocenters. The van der Waals surface area contributed by atoms with Gasteiger partial charge >= 0.3 is 0 Å². The summed E-state index contributed by atoms with van der Waals surface area (Å²) in [5.41, 5.74) is 5.69. The van der Waals surface area contributed by atoms with Gasteiger partial charge in [-0.25, -0.2) is 24.3 Å². The van der Waals surface area contributed by atoms with E-state index in [1.54, 1.807) is 30.9 Å². The average Bonchev–Trinajstić information content (AvgIpc) is 3.42. The van der Waals surface area contributed by atoms with Crippen LogP contribution in [0.3, 0.4) is 0 Å². The first-order chi connectivity index (χ1) is 15.7. The van der Waals surface area contributed by atoms with Crippen molar-refractivity contribution in [3.63, 3.8) is 0 Å². The van der Waals surface area contributed by atoms with E-state index in [0.29, 0.717) is 22.6 Å². The van der Waals surface area contributed by atoms with Crippen molar-refractivity contribution in [2.75, 3.05) is 0 Å². The average molecular weight is 423 g/mol. The lowest BCUT2D eigenvalue weighted by atomic mass is 10.0. The fourth-order valence-electron chi connectivity index (χ4n) is 3.85. The number of hydrogen-bond donors (Lipinski definition) is 3. The molecule has 0 saturated carbocycles. The second-order valence-corrected chi connectivity index (χ2v) is 7.32. The van der Waals surface area contributed by atoms with Gasteiger partial charge in [0, 0.05) is 52.8 Å². The third-order valence-electron chi connectivity index (χ3n) is 5.29. The van der Waals surface area contributed by atoms with E-state index < -0.39 is 5.82 Å². The molecule has 6 rings (SSSR count). The number of pyridine rings is 2. The summed E-state index contributed by atoms with van der Waals surface area (Å²) in [6.45, 7) is 0. The Kier molecular flexibility index (Phi) is 3.94. The molecule has 0 bridgehead atoms. The molecule has 0 spiro atoms. The van der Waals surface area contributed by atoms with Crippen molar-refractivity contribution in [3.05, 3.63) is 73.3 Å². The number of aromatic amines is 2. The number of phenolic OH excluding ortho intramolecular Hbond substituents is 1. The van der Waals surface area contributed by atoms with Gasteiger partial charge in [-0.3, -0.25) is 5.10 Å². The lowest BCUT2D eigenvalue weighted by molar-refractivity contribution is 0.469. The van der Waals surface area contributed by atoms with Gasteiger partial charge in [0.05, 0.1) is 5.69 Å². The Morgan fingerprint density at radius 3 is 2.53 bits per heavy atom. The molecule has 0 aliphatic rings. The van der Waals surface area contributed by atoms with E-state index >= 15 is 0 Å². The van der Waals surface area contributed by atoms with E-state index in [1.807, 2.05) is 12.1 Å². The van der Waals surface area contributed by atoms with Crippen molar-refractivity contribution in [1.29, 1.82) is 0 Å². The standard InChI is InChI=1S/C23H14FN7O/c24-15-3-12(4-16(32)6-15)17-1-2-27-22-18(17)7-20(29-22)21-19-5-13(10-28-23(19)31-30-21)14-8-25-11-26-9-14/h1-11,32H,(H,27,29)(H,28,30,31). The highest BCUT2D eigenvalue weighted by molar-refractivity contribution is 5.99. The largest absolute Gasteiger partial charge is 0.508 e. The molecule has 1 aromatic carbocycles. The molecule has 6 aromatic rings. The molecule has 5 aromatic heterocycles. The molecule has 32 heavy (non-hydrogen) atoms. The number of nitrogens with zero attached hydrogens (tertiary/aromatic N) is 5. The number of benzene rings is 1. The number of nitrogens with one attached hydrogen (secondary N) is 2. The Balaban J connectivity index is 1.52. The molecular weight excluding hydrogens is 409 g/mol. The maximum atomic E-state index is 13.9. The zero-order valence-corrected chi connectivity index (χ0v) is 16.4. The van der Waals surface area contributed by atoms with Crippen molar-refractivity contribution < 1.29 is 9.50 Å². The van der Waals surface area contributed by atoms with Crippen LogP contribution in [0.15, 0.2) is 67.5 Å². The summed E-state index contributed by atoms with van der Waals surface area (Å²) in [4.78, 5) is 20.3. The monoisotopic (exact) mass is 423 g/mol. The second-order valence-electron chi connectivity index (χ2n) is 7.32. The van der Waals surface area contributed by atoms with Gasteiger partial charge in [0.2, 0.25) is 0 Å². The molecule has 154 valence electrons. The van der Waals surface area contributed by atoms with Crippen LogP contribution in [0.4, 0.5) is 4.39 Å². The molecule has 0 aliphatic carbocycles. The number of aromatic hydroxyl groups is 1. The molecule has 9 heteroatoms. The molecule has 0 unspecified atom stereocenters. The summed E-state index contributed by atoms with van der Waals surface area (Å²) in [6, 6.07) is 9.64.